The van der Waals surface area contributed by atoms with Crippen LogP contribution in [-0.2, 0) is 14.3 Å². The van der Waals surface area contributed by atoms with E-state index in [0.717, 1.165) is 32.5 Å². The summed E-state index contributed by atoms with van der Waals surface area (Å²) in [4.78, 5) is 12.8. The van der Waals surface area contributed by atoms with Gasteiger partial charge >= 0.3 is 5.97 Å². The smallest absolute Gasteiger partial charge is 0.334 e. The first kappa shape index (κ1) is 13.4. The number of morpholine rings is 1. The largest absolute Gasteiger partial charge is 0.479 e. The van der Waals surface area contributed by atoms with Crippen molar-refractivity contribution >= 4 is 5.97 Å². The molecule has 1 saturated heterocycles. The Bertz CT molecular complexity index is 210. The van der Waals surface area contributed by atoms with Gasteiger partial charge in [-0.25, -0.2) is 4.79 Å². The van der Waals surface area contributed by atoms with Gasteiger partial charge in [-0.2, -0.15) is 0 Å². The van der Waals surface area contributed by atoms with Gasteiger partial charge in [0.05, 0.1) is 13.2 Å². The predicted molar refractivity (Wildman–Crippen MR) is 59.5 cm³/mol. The van der Waals surface area contributed by atoms with Gasteiger partial charge in [0.2, 0.25) is 0 Å². The van der Waals surface area contributed by atoms with Crippen LogP contribution < -0.4 is 0 Å². The van der Waals surface area contributed by atoms with Crippen molar-refractivity contribution in [2.75, 3.05) is 39.5 Å². The van der Waals surface area contributed by atoms with Crippen LogP contribution in [0.2, 0.25) is 0 Å². The van der Waals surface area contributed by atoms with E-state index in [1.807, 2.05) is 0 Å². The lowest BCUT2D eigenvalue weighted by Gasteiger charge is -2.30. The molecule has 1 fully saturated rings. The molecule has 0 aliphatic carbocycles. The van der Waals surface area contributed by atoms with Crippen LogP contribution >= 0.6 is 0 Å². The van der Waals surface area contributed by atoms with Crippen LogP contribution in [0.5, 0.6) is 0 Å². The van der Waals surface area contributed by atoms with E-state index < -0.39 is 12.1 Å². The van der Waals surface area contributed by atoms with E-state index in [4.69, 9.17) is 14.6 Å². The maximum Gasteiger partial charge on any atom is 0.334 e. The number of rotatable bonds is 7. The van der Waals surface area contributed by atoms with E-state index in [-0.39, 0.29) is 0 Å². The highest BCUT2D eigenvalue weighted by molar-refractivity contribution is 5.72. The van der Waals surface area contributed by atoms with E-state index in [2.05, 4.69) is 11.8 Å². The number of nitrogens with zero attached hydrogens (tertiary/aromatic N) is 1. The number of ether oxygens (including phenoxy) is 2. The van der Waals surface area contributed by atoms with Crippen LogP contribution in [0.25, 0.3) is 0 Å². The summed E-state index contributed by atoms with van der Waals surface area (Å²) in [7, 11) is 0. The Morgan fingerprint density at radius 2 is 2.38 bits per heavy atom. The zero-order chi connectivity index (χ0) is 11.8. The van der Waals surface area contributed by atoms with Gasteiger partial charge in [0.1, 0.15) is 0 Å². The fourth-order valence-electron chi connectivity index (χ4n) is 1.60. The molecule has 1 N–H and O–H groups in total. The first-order valence-corrected chi connectivity index (χ1v) is 5.88. The summed E-state index contributed by atoms with van der Waals surface area (Å²) in [6.07, 6.45) is 1.55. The summed E-state index contributed by atoms with van der Waals surface area (Å²) in [5, 5.41) is 8.81. The van der Waals surface area contributed by atoms with Gasteiger partial charge in [0.25, 0.3) is 0 Å². The van der Waals surface area contributed by atoms with Crippen LogP contribution in [0.4, 0.5) is 0 Å². The number of hydrogen-bond acceptors (Lipinski definition) is 4. The summed E-state index contributed by atoms with van der Waals surface area (Å²) in [6, 6.07) is 0. The van der Waals surface area contributed by atoms with Crippen molar-refractivity contribution in [3.63, 3.8) is 0 Å². The molecule has 1 unspecified atom stereocenters. The summed E-state index contributed by atoms with van der Waals surface area (Å²) >= 11 is 0. The third kappa shape index (κ3) is 4.92. The summed E-state index contributed by atoms with van der Waals surface area (Å²) < 4.78 is 10.6. The van der Waals surface area contributed by atoms with Crippen molar-refractivity contribution in [1.29, 1.82) is 0 Å². The van der Waals surface area contributed by atoms with Crippen LogP contribution in [-0.4, -0.2) is 61.5 Å². The van der Waals surface area contributed by atoms with Crippen molar-refractivity contribution in [3.8, 4) is 0 Å². The quantitative estimate of drug-likeness (QED) is 0.650. The molecule has 5 heteroatoms. The van der Waals surface area contributed by atoms with Gasteiger partial charge in [0.15, 0.2) is 6.10 Å². The summed E-state index contributed by atoms with van der Waals surface area (Å²) in [5.74, 6) is -0.878. The Morgan fingerprint density at radius 3 is 3.06 bits per heavy atom. The van der Waals surface area contributed by atoms with E-state index >= 15 is 0 Å². The van der Waals surface area contributed by atoms with Gasteiger partial charge in [-0.3, -0.25) is 4.90 Å². The molecule has 0 radical (unpaired) electrons. The molecular formula is C11H21NO4. The number of carbonyl (C=O) groups is 1. The SMILES string of the molecule is CCCCOCCN1CCOC(C(=O)O)C1. The molecule has 0 aromatic rings. The molecular weight excluding hydrogens is 210 g/mol. The topological polar surface area (TPSA) is 59.0 Å². The molecule has 1 aliphatic heterocycles. The molecule has 0 aromatic carbocycles. The molecule has 0 spiro atoms. The maximum absolute atomic E-state index is 10.7. The lowest BCUT2D eigenvalue weighted by atomic mass is 10.3. The maximum atomic E-state index is 10.7. The van der Waals surface area contributed by atoms with E-state index in [1.54, 1.807) is 0 Å². The molecule has 0 aromatic heterocycles. The molecule has 1 heterocycles. The fourth-order valence-corrected chi connectivity index (χ4v) is 1.60. The van der Waals surface area contributed by atoms with Gasteiger partial charge in [-0.1, -0.05) is 13.3 Å². The third-order valence-corrected chi connectivity index (χ3v) is 2.62. The molecule has 5 nitrogen and oxygen atoms in total. The van der Waals surface area contributed by atoms with Crippen LogP contribution in [0.3, 0.4) is 0 Å². The standard InChI is InChI=1S/C11H21NO4/c1-2-3-6-15-7-4-12-5-8-16-10(9-12)11(13)14/h10H,2-9H2,1H3,(H,13,14). The number of unbranched alkanes of at least 4 members (excludes halogenated alkanes) is 1. The minimum Gasteiger partial charge on any atom is -0.479 e. The molecule has 0 amide bonds. The van der Waals surface area contributed by atoms with E-state index in [0.29, 0.717) is 19.8 Å². The number of carboxylic acid groups (broad SMARTS) is 1. The van der Waals surface area contributed by atoms with Crippen LogP contribution in [0.15, 0.2) is 0 Å². The first-order valence-electron chi connectivity index (χ1n) is 5.88. The lowest BCUT2D eigenvalue weighted by Crippen LogP contribution is -2.47. The molecule has 94 valence electrons. The minimum absolute atomic E-state index is 0.465. The zero-order valence-electron chi connectivity index (χ0n) is 9.85. The zero-order valence-corrected chi connectivity index (χ0v) is 9.85. The van der Waals surface area contributed by atoms with Gasteiger partial charge in [0, 0.05) is 26.2 Å². The van der Waals surface area contributed by atoms with Gasteiger partial charge in [-0.05, 0) is 6.42 Å². The predicted octanol–water partition coefficient (Wildman–Crippen LogP) is 0.589. The van der Waals surface area contributed by atoms with Crippen molar-refractivity contribution < 1.29 is 19.4 Å². The van der Waals surface area contributed by atoms with Crippen LogP contribution in [0, 0.1) is 0 Å². The Hall–Kier alpha value is -0.650. The number of hydrogen-bond donors (Lipinski definition) is 1. The van der Waals surface area contributed by atoms with E-state index in [9.17, 15) is 4.79 Å². The Kier molecular flexibility index (Phi) is 6.37. The van der Waals surface area contributed by atoms with Crippen LogP contribution in [0.1, 0.15) is 19.8 Å². The number of aliphatic carboxylic acids is 1. The second-order valence-corrected chi connectivity index (χ2v) is 3.96. The highest BCUT2D eigenvalue weighted by Crippen LogP contribution is 2.04. The van der Waals surface area contributed by atoms with Crippen molar-refractivity contribution in [2.24, 2.45) is 0 Å². The minimum atomic E-state index is -0.878. The molecule has 1 atom stereocenters. The van der Waals surface area contributed by atoms with Crippen molar-refractivity contribution in [2.45, 2.75) is 25.9 Å². The van der Waals surface area contributed by atoms with Gasteiger partial charge < -0.3 is 14.6 Å². The van der Waals surface area contributed by atoms with Crippen molar-refractivity contribution in [3.05, 3.63) is 0 Å². The third-order valence-electron chi connectivity index (χ3n) is 2.62. The average Bonchev–Trinajstić information content (AvgIpc) is 2.29. The number of carboxylic acids is 1. The first-order chi connectivity index (χ1) is 7.74. The second kappa shape index (κ2) is 7.60. The Balaban J connectivity index is 2.10. The Labute approximate surface area is 96.3 Å². The molecule has 1 rings (SSSR count). The highest BCUT2D eigenvalue weighted by atomic mass is 16.5. The lowest BCUT2D eigenvalue weighted by molar-refractivity contribution is -0.156. The fraction of sp³-hybridized carbons (Fsp3) is 0.909. The van der Waals surface area contributed by atoms with Crippen molar-refractivity contribution in [1.82, 2.24) is 4.90 Å². The van der Waals surface area contributed by atoms with E-state index in [1.165, 1.54) is 0 Å². The molecule has 0 bridgehead atoms. The second-order valence-electron chi connectivity index (χ2n) is 3.96. The normalized spacial score (nSPS) is 22.2. The highest BCUT2D eigenvalue weighted by Gasteiger charge is 2.25. The molecule has 1 aliphatic rings. The molecule has 0 saturated carbocycles. The Morgan fingerprint density at radius 1 is 1.56 bits per heavy atom. The average molecular weight is 231 g/mol. The molecule has 16 heavy (non-hydrogen) atoms. The summed E-state index contributed by atoms with van der Waals surface area (Å²) in [6.45, 7) is 6.13. The monoisotopic (exact) mass is 231 g/mol. The van der Waals surface area contributed by atoms with Gasteiger partial charge in [-0.15, -0.1) is 0 Å². The summed E-state index contributed by atoms with van der Waals surface area (Å²) in [5.41, 5.74) is 0.